The molecule has 0 aliphatic rings. The third-order valence-electron chi connectivity index (χ3n) is 3.31. The highest BCUT2D eigenvalue weighted by Crippen LogP contribution is 2.26. The molecule has 1 aromatic rings. The van der Waals surface area contributed by atoms with Gasteiger partial charge in [0, 0.05) is 13.2 Å². The second-order valence-electron chi connectivity index (χ2n) is 5.65. The third kappa shape index (κ3) is 7.19. The van der Waals surface area contributed by atoms with E-state index >= 15 is 0 Å². The van der Waals surface area contributed by atoms with Crippen molar-refractivity contribution in [2.24, 2.45) is 0 Å². The molecule has 0 spiro atoms. The summed E-state index contributed by atoms with van der Waals surface area (Å²) in [5.74, 6) is 1.13. The number of hydrogen-bond acceptors (Lipinski definition) is 4. The maximum Gasteiger partial charge on any atom is 0.317 e. The standard InChI is InChI=1S/C18H30N2O4/c1-6-22-17(23-7-2)12-19-18(21)20-14(5)24-16-11-9-8-10-15(16)13(3)4/h8-11,13-14,17H,6-7,12H2,1-5H3,(H2,19,20,21). The lowest BCUT2D eigenvalue weighted by molar-refractivity contribution is -0.131. The van der Waals surface area contributed by atoms with Crippen molar-refractivity contribution < 1.29 is 19.0 Å². The van der Waals surface area contributed by atoms with E-state index in [1.165, 1.54) is 0 Å². The minimum absolute atomic E-state index is 0.281. The molecule has 0 aromatic heterocycles. The van der Waals surface area contributed by atoms with E-state index in [9.17, 15) is 4.79 Å². The van der Waals surface area contributed by atoms with Gasteiger partial charge in [0.2, 0.25) is 0 Å². The van der Waals surface area contributed by atoms with Crippen LogP contribution in [0.3, 0.4) is 0 Å². The minimum atomic E-state index is -0.456. The van der Waals surface area contributed by atoms with Gasteiger partial charge < -0.3 is 24.8 Å². The van der Waals surface area contributed by atoms with Crippen LogP contribution < -0.4 is 15.4 Å². The molecule has 0 aliphatic carbocycles. The van der Waals surface area contributed by atoms with Gasteiger partial charge in [-0.3, -0.25) is 0 Å². The number of para-hydroxylation sites is 1. The highest BCUT2D eigenvalue weighted by Gasteiger charge is 2.14. The van der Waals surface area contributed by atoms with Gasteiger partial charge >= 0.3 is 6.03 Å². The van der Waals surface area contributed by atoms with Gasteiger partial charge in [0.15, 0.2) is 12.5 Å². The summed E-state index contributed by atoms with van der Waals surface area (Å²) in [5, 5.41) is 5.48. The van der Waals surface area contributed by atoms with Crippen LogP contribution in [0.1, 0.15) is 46.1 Å². The van der Waals surface area contributed by atoms with E-state index in [1.54, 1.807) is 6.92 Å². The maximum atomic E-state index is 12.0. The fraction of sp³-hybridized carbons (Fsp3) is 0.611. The van der Waals surface area contributed by atoms with Gasteiger partial charge in [-0.25, -0.2) is 4.79 Å². The molecule has 1 aromatic carbocycles. The Bertz CT molecular complexity index is 488. The predicted molar refractivity (Wildman–Crippen MR) is 94.2 cm³/mol. The van der Waals surface area contributed by atoms with Crippen molar-refractivity contribution in [1.82, 2.24) is 10.6 Å². The molecule has 0 heterocycles. The van der Waals surface area contributed by atoms with Crippen LogP contribution in [0, 0.1) is 0 Å². The van der Waals surface area contributed by atoms with E-state index in [0.717, 1.165) is 11.3 Å². The zero-order chi connectivity index (χ0) is 17.9. The van der Waals surface area contributed by atoms with Crippen LogP contribution in [0.25, 0.3) is 0 Å². The molecule has 0 saturated heterocycles. The van der Waals surface area contributed by atoms with E-state index < -0.39 is 12.5 Å². The van der Waals surface area contributed by atoms with Crippen LogP contribution in [0.2, 0.25) is 0 Å². The number of hydrogen-bond donors (Lipinski definition) is 2. The molecule has 0 bridgehead atoms. The van der Waals surface area contributed by atoms with Crippen molar-refractivity contribution in [2.75, 3.05) is 19.8 Å². The summed E-state index contributed by atoms with van der Waals surface area (Å²) in [7, 11) is 0. The predicted octanol–water partition coefficient (Wildman–Crippen LogP) is 3.23. The highest BCUT2D eigenvalue weighted by atomic mass is 16.7. The molecule has 0 aliphatic heterocycles. The van der Waals surface area contributed by atoms with E-state index in [2.05, 4.69) is 24.5 Å². The lowest BCUT2D eigenvalue weighted by Crippen LogP contribution is -2.46. The van der Waals surface area contributed by atoms with E-state index in [-0.39, 0.29) is 12.6 Å². The van der Waals surface area contributed by atoms with Gasteiger partial charge in [0.25, 0.3) is 0 Å². The van der Waals surface area contributed by atoms with Crippen LogP contribution in [-0.2, 0) is 9.47 Å². The summed E-state index contributed by atoms with van der Waals surface area (Å²) in [6.45, 7) is 11.1. The summed E-state index contributed by atoms with van der Waals surface area (Å²) in [5.41, 5.74) is 1.11. The van der Waals surface area contributed by atoms with Crippen LogP contribution >= 0.6 is 0 Å². The highest BCUT2D eigenvalue weighted by molar-refractivity contribution is 5.74. The van der Waals surface area contributed by atoms with Crippen molar-refractivity contribution in [3.63, 3.8) is 0 Å². The Labute approximate surface area is 144 Å². The second kappa shape index (κ2) is 10.9. The largest absolute Gasteiger partial charge is 0.471 e. The zero-order valence-electron chi connectivity index (χ0n) is 15.3. The smallest absolute Gasteiger partial charge is 0.317 e. The van der Waals surface area contributed by atoms with Crippen molar-refractivity contribution in [3.8, 4) is 5.75 Å². The van der Waals surface area contributed by atoms with Crippen molar-refractivity contribution >= 4 is 6.03 Å². The first-order chi connectivity index (χ1) is 11.5. The van der Waals surface area contributed by atoms with Crippen LogP contribution in [0.4, 0.5) is 4.79 Å². The monoisotopic (exact) mass is 338 g/mol. The fourth-order valence-corrected chi connectivity index (χ4v) is 2.23. The molecule has 2 N–H and O–H groups in total. The topological polar surface area (TPSA) is 68.8 Å². The van der Waals surface area contributed by atoms with Crippen molar-refractivity contribution in [1.29, 1.82) is 0 Å². The molecule has 1 atom stereocenters. The first-order valence-electron chi connectivity index (χ1n) is 8.51. The average molecular weight is 338 g/mol. The number of amides is 2. The van der Waals surface area contributed by atoms with E-state index in [1.807, 2.05) is 38.1 Å². The van der Waals surface area contributed by atoms with Crippen LogP contribution in [0.5, 0.6) is 5.75 Å². The molecule has 1 rings (SSSR count). The lowest BCUT2D eigenvalue weighted by atomic mass is 10.0. The Hall–Kier alpha value is -1.79. The Balaban J connectivity index is 2.47. The molecule has 0 radical (unpaired) electrons. The molecule has 1 unspecified atom stereocenters. The third-order valence-corrected chi connectivity index (χ3v) is 3.31. The molecular formula is C18H30N2O4. The summed E-state index contributed by atoms with van der Waals surface area (Å²) in [6, 6.07) is 7.51. The first kappa shape index (κ1) is 20.3. The number of benzene rings is 1. The fourth-order valence-electron chi connectivity index (χ4n) is 2.23. The number of carbonyl (C=O) groups is 1. The molecule has 6 nitrogen and oxygen atoms in total. The molecule has 2 amide bonds. The van der Waals surface area contributed by atoms with E-state index in [0.29, 0.717) is 19.1 Å². The average Bonchev–Trinajstić information content (AvgIpc) is 2.53. The van der Waals surface area contributed by atoms with Gasteiger partial charge in [-0.2, -0.15) is 0 Å². The van der Waals surface area contributed by atoms with E-state index in [4.69, 9.17) is 14.2 Å². The molecule has 6 heteroatoms. The normalized spacial score (nSPS) is 12.3. The van der Waals surface area contributed by atoms with Gasteiger partial charge in [-0.1, -0.05) is 32.0 Å². The number of ether oxygens (including phenoxy) is 3. The number of nitrogens with one attached hydrogen (secondary N) is 2. The van der Waals surface area contributed by atoms with Gasteiger partial charge in [0.1, 0.15) is 5.75 Å². The number of urea groups is 1. The first-order valence-corrected chi connectivity index (χ1v) is 8.51. The Kier molecular flexibility index (Phi) is 9.19. The Morgan fingerprint density at radius 1 is 1.08 bits per heavy atom. The number of rotatable bonds is 10. The lowest BCUT2D eigenvalue weighted by Gasteiger charge is -2.21. The van der Waals surface area contributed by atoms with Crippen molar-refractivity contribution in [3.05, 3.63) is 29.8 Å². The second-order valence-corrected chi connectivity index (χ2v) is 5.65. The molecular weight excluding hydrogens is 308 g/mol. The molecule has 24 heavy (non-hydrogen) atoms. The molecule has 0 fully saturated rings. The minimum Gasteiger partial charge on any atom is -0.471 e. The molecule has 136 valence electrons. The number of carbonyl (C=O) groups excluding carboxylic acids is 1. The molecule has 0 saturated carbocycles. The maximum absolute atomic E-state index is 12.0. The summed E-state index contributed by atoms with van der Waals surface area (Å²) < 4.78 is 16.6. The van der Waals surface area contributed by atoms with Gasteiger partial charge in [-0.05, 0) is 38.3 Å². The summed E-state index contributed by atoms with van der Waals surface area (Å²) >= 11 is 0. The Morgan fingerprint density at radius 2 is 1.71 bits per heavy atom. The quantitative estimate of drug-likeness (QED) is 0.643. The SMILES string of the molecule is CCOC(CNC(=O)NC(C)Oc1ccccc1C(C)C)OCC. The van der Waals surface area contributed by atoms with Crippen LogP contribution in [0.15, 0.2) is 24.3 Å². The van der Waals surface area contributed by atoms with Crippen LogP contribution in [-0.4, -0.2) is 38.3 Å². The zero-order valence-corrected chi connectivity index (χ0v) is 15.3. The van der Waals surface area contributed by atoms with Gasteiger partial charge in [0.05, 0.1) is 6.54 Å². The summed E-state index contributed by atoms with van der Waals surface area (Å²) in [6.07, 6.45) is -0.897. The van der Waals surface area contributed by atoms with Crippen molar-refractivity contribution in [2.45, 2.75) is 53.1 Å². The van der Waals surface area contributed by atoms with Gasteiger partial charge in [-0.15, -0.1) is 0 Å². The summed E-state index contributed by atoms with van der Waals surface area (Å²) in [4.78, 5) is 12.0. The Morgan fingerprint density at radius 3 is 2.29 bits per heavy atom.